The number of hydrogen-bond acceptors (Lipinski definition) is 3. The Morgan fingerprint density at radius 2 is 1.88 bits per heavy atom. The molecule has 1 aliphatic rings. The molecule has 0 bridgehead atoms. The number of ether oxygens (including phenoxy) is 1. The zero-order valence-corrected chi connectivity index (χ0v) is 15.6. The van der Waals surface area contributed by atoms with Crippen LogP contribution in [0.2, 0.25) is 0 Å². The van der Waals surface area contributed by atoms with Crippen LogP contribution in [-0.2, 0) is 16.4 Å². The first-order valence-corrected chi connectivity index (χ1v) is 9.84. The van der Waals surface area contributed by atoms with Crippen molar-refractivity contribution >= 4 is 16.1 Å². The van der Waals surface area contributed by atoms with E-state index < -0.39 is 10.0 Å². The molecule has 2 aromatic carbocycles. The van der Waals surface area contributed by atoms with Gasteiger partial charge in [0.1, 0.15) is 5.75 Å². The van der Waals surface area contributed by atoms with Crippen LogP contribution in [0, 0.1) is 6.92 Å². The Kier molecular flexibility index (Phi) is 4.97. The number of methoxy groups -OCH3 is 1. The largest absolute Gasteiger partial charge is 0.496 e. The summed E-state index contributed by atoms with van der Waals surface area (Å²) in [5.41, 5.74) is 4.07. The van der Waals surface area contributed by atoms with Crippen molar-refractivity contribution in [3.63, 3.8) is 0 Å². The molecule has 2 aromatic rings. The highest BCUT2D eigenvalue weighted by atomic mass is 32.2. The maximum absolute atomic E-state index is 12.8. The van der Waals surface area contributed by atoms with Crippen LogP contribution in [0.15, 0.2) is 47.4 Å². The summed E-state index contributed by atoms with van der Waals surface area (Å²) < 4.78 is 33.9. The lowest BCUT2D eigenvalue weighted by atomic mass is 9.98. The maximum Gasteiger partial charge on any atom is 0.237 e. The number of hydrogen-bond donors (Lipinski definition) is 1. The lowest BCUT2D eigenvalue weighted by Gasteiger charge is -2.21. The van der Waals surface area contributed by atoms with E-state index in [-0.39, 0.29) is 6.04 Å². The molecule has 0 heterocycles. The van der Waals surface area contributed by atoms with Crippen molar-refractivity contribution in [3.05, 3.63) is 69.6 Å². The van der Waals surface area contributed by atoms with Crippen LogP contribution in [-0.4, -0.2) is 15.5 Å². The van der Waals surface area contributed by atoms with E-state index in [1.807, 2.05) is 56.3 Å². The zero-order chi connectivity index (χ0) is 18.0. The fourth-order valence-corrected chi connectivity index (χ4v) is 4.58. The van der Waals surface area contributed by atoms with Crippen LogP contribution in [0.4, 0.5) is 0 Å². The maximum atomic E-state index is 12.8. The molecule has 1 atom stereocenters. The minimum atomic E-state index is -3.56. The number of nitrogens with one attached hydrogen (secondary N) is 1. The third-order valence-corrected chi connectivity index (χ3v) is 6.22. The smallest absolute Gasteiger partial charge is 0.237 e. The number of benzene rings is 2. The summed E-state index contributed by atoms with van der Waals surface area (Å²) in [4.78, 5) is 0.435. The average Bonchev–Trinajstić information content (AvgIpc) is 2.60. The Bertz CT molecular complexity index is 916. The zero-order valence-electron chi connectivity index (χ0n) is 14.7. The fourth-order valence-electron chi connectivity index (χ4n) is 3.18. The number of aryl methyl sites for hydroxylation is 2. The lowest BCUT2D eigenvalue weighted by molar-refractivity contribution is 0.405. The van der Waals surface area contributed by atoms with E-state index in [0.29, 0.717) is 17.1 Å². The normalized spacial score (nSPS) is 15.2. The Labute approximate surface area is 149 Å². The quantitative estimate of drug-likeness (QED) is 0.881. The first-order chi connectivity index (χ1) is 11.9. The lowest BCUT2D eigenvalue weighted by Crippen LogP contribution is -2.29. The van der Waals surface area contributed by atoms with E-state index in [0.717, 1.165) is 23.1 Å². The third kappa shape index (κ3) is 3.78. The SMILES string of the molecule is COc1ccc(C)cc1[C@@H](C)NS(=O)(=O)C1=Cc2ccccc2CC1. The Morgan fingerprint density at radius 3 is 2.64 bits per heavy atom. The van der Waals surface area contributed by atoms with Gasteiger partial charge in [0, 0.05) is 11.6 Å². The van der Waals surface area contributed by atoms with E-state index in [4.69, 9.17) is 4.74 Å². The minimum Gasteiger partial charge on any atom is -0.496 e. The van der Waals surface area contributed by atoms with Crippen LogP contribution < -0.4 is 9.46 Å². The van der Waals surface area contributed by atoms with Crippen molar-refractivity contribution in [2.24, 2.45) is 0 Å². The molecule has 4 nitrogen and oxygen atoms in total. The Hall–Kier alpha value is -2.11. The Morgan fingerprint density at radius 1 is 1.12 bits per heavy atom. The van der Waals surface area contributed by atoms with Crippen LogP contribution in [0.5, 0.6) is 5.75 Å². The molecular weight excluding hydrogens is 334 g/mol. The average molecular weight is 357 g/mol. The summed E-state index contributed by atoms with van der Waals surface area (Å²) >= 11 is 0. The molecule has 0 unspecified atom stereocenters. The van der Waals surface area contributed by atoms with Gasteiger partial charge in [-0.2, -0.15) is 0 Å². The standard InChI is InChI=1S/C20H23NO3S/c1-14-8-11-20(24-3)19(12-14)15(2)21-25(22,23)18-10-9-16-6-4-5-7-17(16)13-18/h4-8,11-13,15,21H,9-10H2,1-3H3/t15-/m1/s1. The molecule has 5 heteroatoms. The van der Waals surface area contributed by atoms with E-state index in [2.05, 4.69) is 4.72 Å². The first-order valence-electron chi connectivity index (χ1n) is 8.36. The molecule has 0 amide bonds. The van der Waals surface area contributed by atoms with Crippen molar-refractivity contribution in [2.75, 3.05) is 7.11 Å². The number of fused-ring (bicyclic) bond motifs is 1. The van der Waals surface area contributed by atoms with Gasteiger partial charge in [0.05, 0.1) is 12.0 Å². The van der Waals surface area contributed by atoms with Gasteiger partial charge < -0.3 is 4.74 Å². The third-order valence-electron chi connectivity index (χ3n) is 4.54. The van der Waals surface area contributed by atoms with Gasteiger partial charge in [-0.15, -0.1) is 0 Å². The minimum absolute atomic E-state index is 0.377. The number of allylic oxidation sites excluding steroid dienone is 1. The van der Waals surface area contributed by atoms with Crippen LogP contribution in [0.25, 0.3) is 6.08 Å². The highest BCUT2D eigenvalue weighted by Gasteiger charge is 2.25. The summed E-state index contributed by atoms with van der Waals surface area (Å²) in [6.07, 6.45) is 3.04. The monoisotopic (exact) mass is 357 g/mol. The summed E-state index contributed by atoms with van der Waals surface area (Å²) in [6, 6.07) is 13.3. The van der Waals surface area contributed by atoms with Crippen LogP contribution in [0.3, 0.4) is 0 Å². The predicted molar refractivity (Wildman–Crippen MR) is 101 cm³/mol. The highest BCUT2D eigenvalue weighted by molar-refractivity contribution is 7.93. The number of rotatable bonds is 5. The molecule has 0 spiro atoms. The second-order valence-corrected chi connectivity index (χ2v) is 8.16. The van der Waals surface area contributed by atoms with Crippen molar-refractivity contribution in [1.82, 2.24) is 4.72 Å². The topological polar surface area (TPSA) is 55.4 Å². The molecular formula is C20H23NO3S. The first kappa shape index (κ1) is 17.7. The molecule has 132 valence electrons. The second-order valence-electron chi connectivity index (χ2n) is 6.40. The molecule has 0 aliphatic heterocycles. The molecule has 0 saturated heterocycles. The van der Waals surface area contributed by atoms with Gasteiger partial charge in [-0.25, -0.2) is 13.1 Å². The summed E-state index contributed by atoms with van der Waals surface area (Å²) in [5.74, 6) is 0.684. The van der Waals surface area contributed by atoms with Gasteiger partial charge in [-0.3, -0.25) is 0 Å². The van der Waals surface area contributed by atoms with Gasteiger partial charge in [-0.1, -0.05) is 42.0 Å². The van der Waals surface area contributed by atoms with Gasteiger partial charge in [0.25, 0.3) is 0 Å². The van der Waals surface area contributed by atoms with Crippen molar-refractivity contribution < 1.29 is 13.2 Å². The summed E-state index contributed by atoms with van der Waals surface area (Å²) in [7, 11) is -1.96. The molecule has 0 saturated carbocycles. The predicted octanol–water partition coefficient (Wildman–Crippen LogP) is 3.97. The second kappa shape index (κ2) is 7.02. The molecule has 1 aliphatic carbocycles. The van der Waals surface area contributed by atoms with Gasteiger partial charge in [0.2, 0.25) is 10.0 Å². The van der Waals surface area contributed by atoms with E-state index in [1.54, 1.807) is 13.2 Å². The number of sulfonamides is 1. The van der Waals surface area contributed by atoms with E-state index in [9.17, 15) is 8.42 Å². The van der Waals surface area contributed by atoms with Gasteiger partial charge >= 0.3 is 0 Å². The highest BCUT2D eigenvalue weighted by Crippen LogP contribution is 2.30. The molecule has 0 radical (unpaired) electrons. The Balaban J connectivity index is 1.87. The van der Waals surface area contributed by atoms with Crippen molar-refractivity contribution in [2.45, 2.75) is 32.7 Å². The fraction of sp³-hybridized carbons (Fsp3) is 0.300. The molecule has 25 heavy (non-hydrogen) atoms. The van der Waals surface area contributed by atoms with Gasteiger partial charge in [0.15, 0.2) is 0 Å². The molecule has 0 aromatic heterocycles. The van der Waals surface area contributed by atoms with Crippen molar-refractivity contribution in [3.8, 4) is 5.75 Å². The van der Waals surface area contributed by atoms with Crippen LogP contribution >= 0.6 is 0 Å². The summed E-state index contributed by atoms with van der Waals surface area (Å²) in [5, 5.41) is 0. The van der Waals surface area contributed by atoms with Gasteiger partial charge in [-0.05, 0) is 50.0 Å². The van der Waals surface area contributed by atoms with Crippen molar-refractivity contribution in [1.29, 1.82) is 0 Å². The summed E-state index contributed by atoms with van der Waals surface area (Å²) in [6.45, 7) is 3.82. The molecule has 0 fully saturated rings. The van der Waals surface area contributed by atoms with E-state index >= 15 is 0 Å². The molecule has 1 N–H and O–H groups in total. The van der Waals surface area contributed by atoms with Crippen LogP contribution in [0.1, 0.15) is 41.6 Å². The molecule has 3 rings (SSSR count). The van der Waals surface area contributed by atoms with E-state index in [1.165, 1.54) is 5.56 Å².